The Morgan fingerprint density at radius 1 is 0.605 bits per heavy atom. The molecule has 0 aromatic heterocycles. The van der Waals surface area contributed by atoms with Gasteiger partial charge in [0.05, 0.1) is 74.9 Å². The van der Waals surface area contributed by atoms with Gasteiger partial charge in [-0.15, -0.1) is 0 Å². The van der Waals surface area contributed by atoms with E-state index in [9.17, 15) is 39.0 Å². The molecule has 0 fully saturated rings. The molecule has 208 valence electrons. The quantitative estimate of drug-likeness (QED) is 0.147. The van der Waals surface area contributed by atoms with Crippen LogP contribution in [0.2, 0.25) is 0 Å². The van der Waals surface area contributed by atoms with Crippen LogP contribution in [-0.4, -0.2) is 110 Å². The smallest absolute Gasteiger partial charge is 0.205 e. The number of anilines is 2. The Bertz CT molecular complexity index is 1240. The first-order valence-corrected chi connectivity index (χ1v) is 11.4. The molecule has 2 aromatic carbocycles. The highest BCUT2D eigenvalue weighted by atomic mass is 19.2. The standard InChI is InChI=1S/C24H28F4N4O6/c1-29(7-9-31(3,4)37)19-11-12(20(16(26)15(19)25)30(2)8-10-32(5,6)38)22(34)14-13(21(11)33)23(35)17(27)18(28)24(14)36/h37-38H,7-10H2,1-6H3/p+2. The van der Waals surface area contributed by atoms with E-state index in [4.69, 9.17) is 0 Å². The molecule has 14 heteroatoms. The number of hydrogen-bond acceptors (Lipinski definition) is 8. The largest absolute Gasteiger partial charge is 0.504 e. The molecule has 0 unspecified atom stereocenters. The zero-order chi connectivity index (χ0) is 29.1. The Hall–Kier alpha value is -3.46. The van der Waals surface area contributed by atoms with E-state index >= 15 is 8.78 Å². The van der Waals surface area contributed by atoms with Gasteiger partial charge < -0.3 is 20.0 Å². The van der Waals surface area contributed by atoms with E-state index in [1.54, 1.807) is 0 Å². The summed E-state index contributed by atoms with van der Waals surface area (Å²) in [5, 5.41) is 40.5. The number of hydrogen-bond donors (Lipinski definition) is 4. The van der Waals surface area contributed by atoms with Gasteiger partial charge in [-0.3, -0.25) is 9.59 Å². The predicted molar refractivity (Wildman–Crippen MR) is 127 cm³/mol. The van der Waals surface area contributed by atoms with Crippen LogP contribution in [0.5, 0.6) is 11.5 Å². The number of hydroxylamine groups is 6. The number of aromatic hydroxyl groups is 2. The fourth-order valence-corrected chi connectivity index (χ4v) is 4.19. The molecule has 0 saturated carbocycles. The van der Waals surface area contributed by atoms with Crippen molar-refractivity contribution in [2.45, 2.75) is 0 Å². The van der Waals surface area contributed by atoms with Crippen LogP contribution in [0.25, 0.3) is 0 Å². The molecule has 10 nitrogen and oxygen atoms in total. The molecule has 0 saturated heterocycles. The molecule has 3 rings (SSSR count). The lowest BCUT2D eigenvalue weighted by Crippen LogP contribution is -2.43. The maximum atomic E-state index is 15.7. The number of ketones is 2. The van der Waals surface area contributed by atoms with Gasteiger partial charge in [0.15, 0.2) is 23.1 Å². The summed E-state index contributed by atoms with van der Waals surface area (Å²) in [5.74, 6) is -12.9. The number of nitrogens with zero attached hydrogens (tertiary/aromatic N) is 4. The first kappa shape index (κ1) is 29.1. The van der Waals surface area contributed by atoms with Crippen LogP contribution in [0, 0.1) is 23.3 Å². The van der Waals surface area contributed by atoms with Gasteiger partial charge >= 0.3 is 0 Å². The second kappa shape index (κ2) is 9.69. The highest BCUT2D eigenvalue weighted by Gasteiger charge is 2.44. The Kier molecular flexibility index (Phi) is 7.42. The lowest BCUT2D eigenvalue weighted by atomic mass is 9.80. The molecule has 0 spiro atoms. The molecule has 0 aliphatic heterocycles. The maximum Gasteiger partial charge on any atom is 0.205 e. The van der Waals surface area contributed by atoms with Gasteiger partial charge in [0, 0.05) is 14.1 Å². The summed E-state index contributed by atoms with van der Waals surface area (Å²) in [5.41, 5.74) is -5.11. The van der Waals surface area contributed by atoms with Crippen molar-refractivity contribution in [2.24, 2.45) is 0 Å². The SMILES string of the molecule is CN(CC[N+](C)(C)O)c1c(F)c(F)c(N(C)CC[N+](C)(C)O)c2c1C(=O)c1c(O)c(F)c(F)c(O)c1C2=O. The summed E-state index contributed by atoms with van der Waals surface area (Å²) < 4.78 is 58.7. The van der Waals surface area contributed by atoms with Crippen LogP contribution in [0.3, 0.4) is 0 Å². The van der Waals surface area contributed by atoms with Crippen molar-refractivity contribution in [3.05, 3.63) is 45.5 Å². The number of phenols is 2. The average Bonchev–Trinajstić information content (AvgIpc) is 2.80. The van der Waals surface area contributed by atoms with Gasteiger partial charge in [-0.1, -0.05) is 0 Å². The number of halogens is 4. The Morgan fingerprint density at radius 3 is 1.16 bits per heavy atom. The number of rotatable bonds is 8. The fourth-order valence-electron chi connectivity index (χ4n) is 4.19. The minimum absolute atomic E-state index is 0.0396. The summed E-state index contributed by atoms with van der Waals surface area (Å²) >= 11 is 0. The molecular formula is C24H30F4N4O6+2. The summed E-state index contributed by atoms with van der Waals surface area (Å²) in [6, 6.07) is 0. The highest BCUT2D eigenvalue weighted by Crippen LogP contribution is 2.47. The van der Waals surface area contributed by atoms with Crippen LogP contribution in [0.4, 0.5) is 28.9 Å². The van der Waals surface area contributed by atoms with Crippen LogP contribution in [0.1, 0.15) is 31.8 Å². The molecule has 38 heavy (non-hydrogen) atoms. The third-order valence-corrected chi connectivity index (χ3v) is 6.30. The third-order valence-electron chi connectivity index (χ3n) is 6.30. The van der Waals surface area contributed by atoms with E-state index in [0.29, 0.717) is 0 Å². The molecule has 2 aromatic rings. The molecule has 0 amide bonds. The van der Waals surface area contributed by atoms with Crippen LogP contribution >= 0.6 is 0 Å². The minimum atomic E-state index is -2.00. The van der Waals surface area contributed by atoms with Crippen molar-refractivity contribution < 1.29 is 57.1 Å². The number of carbonyl (C=O) groups is 2. The van der Waals surface area contributed by atoms with Crippen molar-refractivity contribution in [1.29, 1.82) is 0 Å². The van der Waals surface area contributed by atoms with Gasteiger partial charge in [-0.05, 0) is 0 Å². The van der Waals surface area contributed by atoms with Crippen LogP contribution in [-0.2, 0) is 0 Å². The number of fused-ring (bicyclic) bond motifs is 2. The van der Waals surface area contributed by atoms with E-state index in [-0.39, 0.29) is 26.2 Å². The van der Waals surface area contributed by atoms with Gasteiger partial charge in [0.25, 0.3) is 0 Å². The van der Waals surface area contributed by atoms with Crippen molar-refractivity contribution in [3.63, 3.8) is 0 Å². The number of benzene rings is 2. The molecule has 1 aliphatic carbocycles. The van der Waals surface area contributed by atoms with Crippen molar-refractivity contribution in [2.75, 3.05) is 78.3 Å². The fraction of sp³-hybridized carbons (Fsp3) is 0.417. The topological polar surface area (TPSA) is 122 Å². The van der Waals surface area contributed by atoms with E-state index in [2.05, 4.69) is 0 Å². The van der Waals surface area contributed by atoms with Crippen LogP contribution < -0.4 is 9.80 Å². The van der Waals surface area contributed by atoms with E-state index < -0.39 is 89.3 Å². The minimum Gasteiger partial charge on any atom is -0.504 e. The van der Waals surface area contributed by atoms with Gasteiger partial charge in [-0.2, -0.15) is 18.1 Å². The lowest BCUT2D eigenvalue weighted by molar-refractivity contribution is -1.07. The predicted octanol–water partition coefficient (Wildman–Crippen LogP) is 2.23. The van der Waals surface area contributed by atoms with Crippen molar-refractivity contribution in [1.82, 2.24) is 0 Å². The number of carbonyl (C=O) groups excluding carboxylic acids is 2. The maximum absolute atomic E-state index is 15.7. The molecule has 0 heterocycles. The van der Waals surface area contributed by atoms with Gasteiger partial charge in [-0.25, -0.2) is 19.2 Å². The Labute approximate surface area is 215 Å². The Balaban J connectivity index is 2.39. The van der Waals surface area contributed by atoms with E-state index in [1.165, 1.54) is 42.3 Å². The molecule has 0 bridgehead atoms. The summed E-state index contributed by atoms with van der Waals surface area (Å²) in [4.78, 5) is 29.4. The second-order valence-corrected chi connectivity index (χ2v) is 10.3. The molecule has 4 N–H and O–H groups in total. The molecular weight excluding hydrogens is 516 g/mol. The second-order valence-electron chi connectivity index (χ2n) is 10.3. The van der Waals surface area contributed by atoms with Crippen molar-refractivity contribution >= 4 is 22.9 Å². The summed E-state index contributed by atoms with van der Waals surface area (Å²) in [6.45, 7) is -0.383. The molecule has 0 atom stereocenters. The Morgan fingerprint density at radius 2 is 0.895 bits per heavy atom. The monoisotopic (exact) mass is 546 g/mol. The summed E-state index contributed by atoms with van der Waals surface area (Å²) in [6.07, 6.45) is 0. The first-order valence-electron chi connectivity index (χ1n) is 11.4. The number of phenolic OH excluding ortho intramolecular Hbond substituents is 2. The number of quaternary nitrogens is 2. The average molecular weight is 547 g/mol. The van der Waals surface area contributed by atoms with E-state index in [0.717, 1.165) is 9.80 Å². The summed E-state index contributed by atoms with van der Waals surface area (Å²) in [7, 11) is 8.15. The zero-order valence-electron chi connectivity index (χ0n) is 21.7. The van der Waals surface area contributed by atoms with Gasteiger partial charge in [0.1, 0.15) is 13.1 Å². The molecule has 1 aliphatic rings. The normalized spacial score (nSPS) is 13.5. The lowest BCUT2D eigenvalue weighted by Gasteiger charge is -2.33. The zero-order valence-corrected chi connectivity index (χ0v) is 21.7. The van der Waals surface area contributed by atoms with Crippen LogP contribution in [0.15, 0.2) is 0 Å². The third kappa shape index (κ3) is 4.99. The first-order chi connectivity index (χ1) is 17.3. The van der Waals surface area contributed by atoms with Gasteiger partial charge in [0.2, 0.25) is 23.2 Å². The van der Waals surface area contributed by atoms with Crippen molar-refractivity contribution in [3.8, 4) is 11.5 Å². The molecule has 0 radical (unpaired) electrons. The highest BCUT2D eigenvalue weighted by molar-refractivity contribution is 6.33. The number of likely N-dealkylation sites (N-methyl/N-ethyl adjacent to an activating group) is 4. The van der Waals surface area contributed by atoms with E-state index in [1.807, 2.05) is 0 Å².